The van der Waals surface area contributed by atoms with Gasteiger partial charge in [0.15, 0.2) is 0 Å². The van der Waals surface area contributed by atoms with Gasteiger partial charge in [-0.1, -0.05) is 12.1 Å². The number of aromatic nitrogens is 4. The van der Waals surface area contributed by atoms with Crippen molar-refractivity contribution in [3.8, 4) is 5.69 Å². The Kier molecular flexibility index (Phi) is 4.01. The molecule has 1 heterocycles. The van der Waals surface area contributed by atoms with E-state index >= 15 is 0 Å². The van der Waals surface area contributed by atoms with Crippen molar-refractivity contribution < 1.29 is 5.11 Å². The predicted molar refractivity (Wildman–Crippen MR) is 67.3 cm³/mol. The van der Waals surface area contributed by atoms with Crippen LogP contribution in [-0.4, -0.2) is 38.0 Å². The zero-order valence-corrected chi connectivity index (χ0v) is 10.5. The largest absolute Gasteiger partial charge is 0.395 e. The van der Waals surface area contributed by atoms with Crippen LogP contribution in [0.25, 0.3) is 5.69 Å². The van der Waals surface area contributed by atoms with Crippen molar-refractivity contribution >= 4 is 0 Å². The molecule has 1 aromatic heterocycles. The number of hydrogen-bond donors (Lipinski definition) is 2. The predicted octanol–water partition coefficient (Wildman–Crippen LogP) is 0.694. The molecule has 0 fully saturated rings. The molecule has 0 aliphatic carbocycles. The Hall–Kier alpha value is -1.79. The van der Waals surface area contributed by atoms with Crippen molar-refractivity contribution in [2.75, 3.05) is 6.61 Å². The summed E-state index contributed by atoms with van der Waals surface area (Å²) in [4.78, 5) is 0. The average Bonchev–Trinajstić information content (AvgIpc) is 2.92. The van der Waals surface area contributed by atoms with Gasteiger partial charge in [0.1, 0.15) is 6.33 Å². The number of tetrazole rings is 1. The SMILES string of the molecule is CC(N[C@H](C)CO)c1cccc(-n2cnnn2)c1. The average molecular weight is 247 g/mol. The van der Waals surface area contributed by atoms with Crippen LogP contribution in [0.2, 0.25) is 0 Å². The molecule has 96 valence electrons. The van der Waals surface area contributed by atoms with Gasteiger partial charge in [0.25, 0.3) is 0 Å². The molecular formula is C12H17N5O. The summed E-state index contributed by atoms with van der Waals surface area (Å²) < 4.78 is 1.62. The van der Waals surface area contributed by atoms with E-state index in [4.69, 9.17) is 5.11 Å². The molecule has 2 rings (SSSR count). The second kappa shape index (κ2) is 5.70. The molecular weight excluding hydrogens is 230 g/mol. The normalized spacial score (nSPS) is 14.4. The van der Waals surface area contributed by atoms with E-state index in [9.17, 15) is 0 Å². The van der Waals surface area contributed by atoms with Gasteiger partial charge in [-0.05, 0) is 42.0 Å². The van der Waals surface area contributed by atoms with Crippen molar-refractivity contribution in [3.05, 3.63) is 36.2 Å². The summed E-state index contributed by atoms with van der Waals surface area (Å²) in [6, 6.07) is 8.20. The summed E-state index contributed by atoms with van der Waals surface area (Å²) in [7, 11) is 0. The maximum Gasteiger partial charge on any atom is 0.143 e. The molecule has 18 heavy (non-hydrogen) atoms. The molecule has 1 unspecified atom stereocenters. The third-order valence-electron chi connectivity index (χ3n) is 2.79. The quantitative estimate of drug-likeness (QED) is 0.813. The molecule has 6 heteroatoms. The summed E-state index contributed by atoms with van der Waals surface area (Å²) in [5, 5.41) is 23.4. The maximum atomic E-state index is 9.04. The lowest BCUT2D eigenvalue weighted by Crippen LogP contribution is -2.31. The second-order valence-electron chi connectivity index (χ2n) is 4.32. The summed E-state index contributed by atoms with van der Waals surface area (Å²) >= 11 is 0. The van der Waals surface area contributed by atoms with E-state index in [1.807, 2.05) is 31.2 Å². The highest BCUT2D eigenvalue weighted by molar-refractivity contribution is 5.35. The van der Waals surface area contributed by atoms with Gasteiger partial charge >= 0.3 is 0 Å². The second-order valence-corrected chi connectivity index (χ2v) is 4.32. The minimum Gasteiger partial charge on any atom is -0.395 e. The molecule has 0 amide bonds. The Bertz CT molecular complexity index is 485. The number of aliphatic hydroxyl groups is 1. The molecule has 1 aromatic carbocycles. The van der Waals surface area contributed by atoms with E-state index in [0.29, 0.717) is 0 Å². The first kappa shape index (κ1) is 12.7. The molecule has 2 aromatic rings. The van der Waals surface area contributed by atoms with E-state index in [-0.39, 0.29) is 18.7 Å². The molecule has 2 atom stereocenters. The number of aliphatic hydroxyl groups excluding tert-OH is 1. The van der Waals surface area contributed by atoms with Crippen LogP contribution in [0.1, 0.15) is 25.5 Å². The number of benzene rings is 1. The number of nitrogens with one attached hydrogen (secondary N) is 1. The standard InChI is InChI=1S/C12H17N5O/c1-9(7-18)14-10(2)11-4-3-5-12(6-11)17-8-13-15-16-17/h3-6,8-10,14,18H,7H2,1-2H3/t9-,10?/m1/s1. The lowest BCUT2D eigenvalue weighted by molar-refractivity contribution is 0.243. The maximum absolute atomic E-state index is 9.04. The van der Waals surface area contributed by atoms with Crippen LogP contribution in [0, 0.1) is 0 Å². The van der Waals surface area contributed by atoms with Crippen molar-refractivity contribution in [1.82, 2.24) is 25.5 Å². The van der Waals surface area contributed by atoms with Crippen LogP contribution in [0.4, 0.5) is 0 Å². The highest BCUT2D eigenvalue weighted by Crippen LogP contribution is 2.16. The first-order valence-corrected chi connectivity index (χ1v) is 5.91. The topological polar surface area (TPSA) is 75.9 Å². The van der Waals surface area contributed by atoms with Crippen molar-refractivity contribution in [2.45, 2.75) is 25.9 Å². The van der Waals surface area contributed by atoms with Gasteiger partial charge in [0.05, 0.1) is 12.3 Å². The Morgan fingerprint density at radius 1 is 1.39 bits per heavy atom. The summed E-state index contributed by atoms with van der Waals surface area (Å²) in [5.41, 5.74) is 2.05. The first-order chi connectivity index (χ1) is 8.70. The molecule has 0 saturated heterocycles. The molecule has 0 bridgehead atoms. The van der Waals surface area contributed by atoms with Crippen LogP contribution in [0.5, 0.6) is 0 Å². The zero-order valence-electron chi connectivity index (χ0n) is 10.5. The van der Waals surface area contributed by atoms with Gasteiger partial charge in [-0.15, -0.1) is 5.10 Å². The van der Waals surface area contributed by atoms with E-state index in [2.05, 4.69) is 27.8 Å². The molecule has 0 aliphatic heterocycles. The Morgan fingerprint density at radius 2 is 2.22 bits per heavy atom. The highest BCUT2D eigenvalue weighted by atomic mass is 16.3. The van der Waals surface area contributed by atoms with Crippen LogP contribution in [0.15, 0.2) is 30.6 Å². The van der Waals surface area contributed by atoms with Gasteiger partial charge in [-0.25, -0.2) is 4.68 Å². The number of hydrogen-bond acceptors (Lipinski definition) is 5. The number of rotatable bonds is 5. The lowest BCUT2D eigenvalue weighted by atomic mass is 10.1. The van der Waals surface area contributed by atoms with Crippen LogP contribution < -0.4 is 5.32 Å². The zero-order chi connectivity index (χ0) is 13.0. The molecule has 0 aliphatic rings. The van der Waals surface area contributed by atoms with Gasteiger partial charge in [-0.2, -0.15) is 0 Å². The van der Waals surface area contributed by atoms with Gasteiger partial charge in [-0.3, -0.25) is 0 Å². The summed E-state index contributed by atoms with van der Waals surface area (Å²) in [6.07, 6.45) is 1.56. The fourth-order valence-corrected chi connectivity index (χ4v) is 1.79. The van der Waals surface area contributed by atoms with Crippen LogP contribution >= 0.6 is 0 Å². The molecule has 0 saturated carbocycles. The molecule has 0 spiro atoms. The molecule has 2 N–H and O–H groups in total. The molecule has 0 radical (unpaired) electrons. The van der Waals surface area contributed by atoms with E-state index in [0.717, 1.165) is 11.3 Å². The third-order valence-corrected chi connectivity index (χ3v) is 2.79. The lowest BCUT2D eigenvalue weighted by Gasteiger charge is -2.19. The van der Waals surface area contributed by atoms with E-state index in [1.54, 1.807) is 11.0 Å². The summed E-state index contributed by atoms with van der Waals surface area (Å²) in [5.74, 6) is 0. The highest BCUT2D eigenvalue weighted by Gasteiger charge is 2.09. The fraction of sp³-hybridized carbons (Fsp3) is 0.417. The van der Waals surface area contributed by atoms with Crippen molar-refractivity contribution in [3.63, 3.8) is 0 Å². The Morgan fingerprint density at radius 3 is 2.89 bits per heavy atom. The minimum atomic E-state index is 0.0664. The fourth-order valence-electron chi connectivity index (χ4n) is 1.79. The third kappa shape index (κ3) is 2.91. The first-order valence-electron chi connectivity index (χ1n) is 5.91. The van der Waals surface area contributed by atoms with Crippen molar-refractivity contribution in [2.24, 2.45) is 0 Å². The van der Waals surface area contributed by atoms with Crippen molar-refractivity contribution in [1.29, 1.82) is 0 Å². The smallest absolute Gasteiger partial charge is 0.143 e. The van der Waals surface area contributed by atoms with Gasteiger partial charge in [0.2, 0.25) is 0 Å². The monoisotopic (exact) mass is 247 g/mol. The Labute approximate surface area is 106 Å². The Balaban J connectivity index is 2.17. The van der Waals surface area contributed by atoms with Gasteiger partial charge in [0, 0.05) is 12.1 Å². The van der Waals surface area contributed by atoms with Crippen LogP contribution in [-0.2, 0) is 0 Å². The van der Waals surface area contributed by atoms with E-state index in [1.165, 1.54) is 0 Å². The summed E-state index contributed by atoms with van der Waals surface area (Å²) in [6.45, 7) is 4.13. The van der Waals surface area contributed by atoms with Crippen LogP contribution in [0.3, 0.4) is 0 Å². The molecule has 6 nitrogen and oxygen atoms in total. The van der Waals surface area contributed by atoms with E-state index < -0.39 is 0 Å². The van der Waals surface area contributed by atoms with Gasteiger partial charge < -0.3 is 10.4 Å². The minimum absolute atomic E-state index is 0.0664. The number of nitrogens with zero attached hydrogens (tertiary/aromatic N) is 4.